The van der Waals surface area contributed by atoms with Gasteiger partial charge in [-0.1, -0.05) is 24.6 Å². The van der Waals surface area contributed by atoms with E-state index >= 15 is 0 Å². The Labute approximate surface area is 167 Å². The Morgan fingerprint density at radius 3 is 2.07 bits per heavy atom. The van der Waals surface area contributed by atoms with E-state index in [2.05, 4.69) is 11.8 Å². The van der Waals surface area contributed by atoms with Gasteiger partial charge in [-0.2, -0.15) is 0 Å². The summed E-state index contributed by atoms with van der Waals surface area (Å²) in [5.41, 5.74) is 2.10. The zero-order valence-electron chi connectivity index (χ0n) is 16.6. The third-order valence-electron chi connectivity index (χ3n) is 5.26. The summed E-state index contributed by atoms with van der Waals surface area (Å²) in [5, 5.41) is 0. The van der Waals surface area contributed by atoms with E-state index in [1.807, 2.05) is 11.8 Å². The van der Waals surface area contributed by atoms with E-state index in [0.717, 1.165) is 38.3 Å². The van der Waals surface area contributed by atoms with E-state index in [1.54, 1.807) is 48.5 Å². The maximum Gasteiger partial charge on any atom is 0.264 e. The summed E-state index contributed by atoms with van der Waals surface area (Å²) in [5.74, 6) is -0.00801. The number of sulfonamides is 1. The lowest BCUT2D eigenvalue weighted by Crippen LogP contribution is -2.48. The molecule has 0 aliphatic carbocycles. The van der Waals surface area contributed by atoms with Gasteiger partial charge in [0.1, 0.15) is 0 Å². The van der Waals surface area contributed by atoms with Crippen LogP contribution >= 0.6 is 0 Å². The van der Waals surface area contributed by atoms with Crippen molar-refractivity contribution < 1.29 is 13.2 Å². The molecule has 1 fully saturated rings. The van der Waals surface area contributed by atoms with E-state index in [9.17, 15) is 13.2 Å². The van der Waals surface area contributed by atoms with Gasteiger partial charge in [-0.25, -0.2) is 8.42 Å². The molecular formula is C21H27N3O3S. The van der Waals surface area contributed by atoms with E-state index in [-0.39, 0.29) is 10.8 Å². The average Bonchev–Trinajstić information content (AvgIpc) is 2.73. The summed E-state index contributed by atoms with van der Waals surface area (Å²) in [6.07, 6.45) is 0. The molecule has 6 nitrogen and oxygen atoms in total. The van der Waals surface area contributed by atoms with Crippen LogP contribution in [0.2, 0.25) is 0 Å². The Bertz CT molecular complexity index is 916. The first-order valence-electron chi connectivity index (χ1n) is 9.50. The van der Waals surface area contributed by atoms with Gasteiger partial charge < -0.3 is 9.80 Å². The number of amides is 1. The van der Waals surface area contributed by atoms with E-state index in [4.69, 9.17) is 0 Å². The summed E-state index contributed by atoms with van der Waals surface area (Å²) in [7, 11) is -2.12. The number of benzene rings is 2. The van der Waals surface area contributed by atoms with Crippen molar-refractivity contribution in [3.63, 3.8) is 0 Å². The minimum Gasteiger partial charge on any atom is -0.336 e. The zero-order chi connectivity index (χ0) is 20.3. The molecule has 7 heteroatoms. The highest BCUT2D eigenvalue weighted by Gasteiger charge is 2.23. The molecule has 0 atom stereocenters. The maximum absolute atomic E-state index is 12.8. The van der Waals surface area contributed by atoms with E-state index in [1.165, 1.54) is 11.4 Å². The standard InChI is InChI=1S/C21H27N3O3S/c1-4-23-13-15-24(16-14-23)21(25)18-7-9-19(10-8-18)22(3)28(26,27)20-11-5-17(2)6-12-20/h5-12H,4,13-16H2,1-3H3. The fourth-order valence-corrected chi connectivity index (χ4v) is 4.47. The predicted octanol–water partition coefficient (Wildman–Crippen LogP) is 2.60. The van der Waals surface area contributed by atoms with Crippen LogP contribution in [-0.2, 0) is 10.0 Å². The molecule has 1 saturated heterocycles. The first-order chi connectivity index (χ1) is 13.3. The number of carbonyl (C=O) groups is 1. The van der Waals surface area contributed by atoms with Gasteiger partial charge in [0.15, 0.2) is 0 Å². The largest absolute Gasteiger partial charge is 0.336 e. The van der Waals surface area contributed by atoms with Crippen molar-refractivity contribution in [2.24, 2.45) is 0 Å². The molecule has 1 heterocycles. The van der Waals surface area contributed by atoms with Crippen molar-refractivity contribution in [3.8, 4) is 0 Å². The lowest BCUT2D eigenvalue weighted by Gasteiger charge is -2.34. The highest BCUT2D eigenvalue weighted by molar-refractivity contribution is 7.92. The summed E-state index contributed by atoms with van der Waals surface area (Å²) >= 11 is 0. The van der Waals surface area contributed by atoms with E-state index < -0.39 is 10.0 Å². The molecule has 150 valence electrons. The second-order valence-corrected chi connectivity index (χ2v) is 9.03. The Balaban J connectivity index is 1.73. The van der Waals surface area contributed by atoms with Crippen LogP contribution in [0.3, 0.4) is 0 Å². The van der Waals surface area contributed by atoms with E-state index in [0.29, 0.717) is 11.3 Å². The third-order valence-corrected chi connectivity index (χ3v) is 7.06. The summed E-state index contributed by atoms with van der Waals surface area (Å²) in [4.78, 5) is 17.1. The van der Waals surface area contributed by atoms with Crippen LogP contribution in [0.1, 0.15) is 22.8 Å². The van der Waals surface area contributed by atoms with Crippen molar-refractivity contribution in [2.75, 3.05) is 44.1 Å². The molecule has 0 N–H and O–H groups in total. The molecule has 0 unspecified atom stereocenters. The minimum absolute atomic E-state index is 0.00801. The summed E-state index contributed by atoms with van der Waals surface area (Å²) in [6, 6.07) is 13.5. The zero-order valence-corrected chi connectivity index (χ0v) is 17.4. The number of nitrogens with zero attached hydrogens (tertiary/aromatic N) is 3. The van der Waals surface area contributed by atoms with Crippen LogP contribution in [0.15, 0.2) is 53.4 Å². The Morgan fingerprint density at radius 2 is 1.54 bits per heavy atom. The topological polar surface area (TPSA) is 60.9 Å². The number of piperazine rings is 1. The smallest absolute Gasteiger partial charge is 0.264 e. The van der Waals surface area contributed by atoms with Crippen molar-refractivity contribution in [1.82, 2.24) is 9.80 Å². The maximum atomic E-state index is 12.8. The van der Waals surface area contributed by atoms with Gasteiger partial charge >= 0.3 is 0 Å². The molecule has 0 radical (unpaired) electrons. The number of rotatable bonds is 5. The van der Waals surface area contributed by atoms with Crippen LogP contribution < -0.4 is 4.31 Å². The molecule has 3 rings (SSSR count). The molecule has 0 aromatic heterocycles. The van der Waals surface area contributed by atoms with Gasteiger partial charge in [0.2, 0.25) is 0 Å². The van der Waals surface area contributed by atoms with Crippen LogP contribution in [0.4, 0.5) is 5.69 Å². The molecule has 28 heavy (non-hydrogen) atoms. The minimum atomic E-state index is -3.64. The SMILES string of the molecule is CCN1CCN(C(=O)c2ccc(N(C)S(=O)(=O)c3ccc(C)cc3)cc2)CC1. The highest BCUT2D eigenvalue weighted by Crippen LogP contribution is 2.23. The van der Waals surface area contributed by atoms with Gasteiger partial charge in [0.25, 0.3) is 15.9 Å². The Morgan fingerprint density at radius 1 is 0.964 bits per heavy atom. The number of hydrogen-bond acceptors (Lipinski definition) is 4. The number of aryl methyl sites for hydroxylation is 1. The second-order valence-electron chi connectivity index (χ2n) is 7.06. The molecule has 0 bridgehead atoms. The van der Waals surface area contributed by atoms with Crippen LogP contribution in [0.25, 0.3) is 0 Å². The van der Waals surface area contributed by atoms with Gasteiger partial charge in [-0.15, -0.1) is 0 Å². The number of likely N-dealkylation sites (N-methyl/N-ethyl adjacent to an activating group) is 1. The monoisotopic (exact) mass is 401 g/mol. The average molecular weight is 402 g/mol. The molecule has 1 amide bonds. The lowest BCUT2D eigenvalue weighted by molar-refractivity contribution is 0.0643. The number of hydrogen-bond donors (Lipinski definition) is 0. The second kappa shape index (κ2) is 8.32. The first kappa shape index (κ1) is 20.4. The quantitative estimate of drug-likeness (QED) is 0.773. The first-order valence-corrected chi connectivity index (χ1v) is 10.9. The molecule has 2 aromatic rings. The molecule has 0 saturated carbocycles. The Kier molecular flexibility index (Phi) is 6.05. The molecule has 2 aromatic carbocycles. The fraction of sp³-hybridized carbons (Fsp3) is 0.381. The van der Waals surface area contributed by atoms with Crippen LogP contribution in [0, 0.1) is 6.92 Å². The van der Waals surface area contributed by atoms with Gasteiger partial charge in [0.05, 0.1) is 10.6 Å². The van der Waals surface area contributed by atoms with Crippen molar-refractivity contribution in [2.45, 2.75) is 18.7 Å². The molecule has 0 spiro atoms. The van der Waals surface area contributed by atoms with Gasteiger partial charge in [-0.05, 0) is 49.9 Å². The molecular weight excluding hydrogens is 374 g/mol. The number of anilines is 1. The van der Waals surface area contributed by atoms with Gasteiger partial charge in [-0.3, -0.25) is 9.10 Å². The lowest BCUT2D eigenvalue weighted by atomic mass is 10.1. The number of carbonyl (C=O) groups excluding carboxylic acids is 1. The van der Waals surface area contributed by atoms with Crippen LogP contribution in [-0.4, -0.2) is 63.9 Å². The Hall–Kier alpha value is -2.38. The van der Waals surface area contributed by atoms with Crippen molar-refractivity contribution in [3.05, 3.63) is 59.7 Å². The van der Waals surface area contributed by atoms with Crippen molar-refractivity contribution >= 4 is 21.6 Å². The summed E-state index contributed by atoms with van der Waals surface area (Å²) in [6.45, 7) is 8.25. The highest BCUT2D eigenvalue weighted by atomic mass is 32.2. The summed E-state index contributed by atoms with van der Waals surface area (Å²) < 4.78 is 26.9. The van der Waals surface area contributed by atoms with Crippen molar-refractivity contribution in [1.29, 1.82) is 0 Å². The molecule has 1 aliphatic heterocycles. The third kappa shape index (κ3) is 4.20. The van der Waals surface area contributed by atoms with Crippen LogP contribution in [0.5, 0.6) is 0 Å². The molecule has 1 aliphatic rings. The fourth-order valence-electron chi connectivity index (χ4n) is 3.27. The normalized spacial score (nSPS) is 15.5. The van der Waals surface area contributed by atoms with Gasteiger partial charge in [0, 0.05) is 38.8 Å². The predicted molar refractivity (Wildman–Crippen MR) is 111 cm³/mol.